The van der Waals surface area contributed by atoms with Crippen LogP contribution in [0.3, 0.4) is 0 Å². The number of benzene rings is 1. The first-order valence-corrected chi connectivity index (χ1v) is 7.28. The number of piperidine rings is 1. The molecule has 3 rings (SSSR count). The Morgan fingerprint density at radius 3 is 2.84 bits per heavy atom. The summed E-state index contributed by atoms with van der Waals surface area (Å²) in [4.78, 5) is 4.79. The van der Waals surface area contributed by atoms with Gasteiger partial charge in [-0.3, -0.25) is 0 Å². The van der Waals surface area contributed by atoms with Gasteiger partial charge in [-0.15, -0.1) is 0 Å². The number of nitrogens with one attached hydrogen (secondary N) is 1. The Hall–Kier alpha value is -1.35. The Kier molecular flexibility index (Phi) is 3.83. The van der Waals surface area contributed by atoms with Gasteiger partial charge in [-0.1, -0.05) is 24.3 Å². The number of hydrogen-bond donors (Lipinski definition) is 1. The zero-order valence-electron chi connectivity index (χ0n) is 11.6. The maximum Gasteiger partial charge on any atom is 0.184 e. The van der Waals surface area contributed by atoms with Crippen molar-refractivity contribution in [2.75, 3.05) is 19.7 Å². The van der Waals surface area contributed by atoms with E-state index in [1.54, 1.807) is 0 Å². The van der Waals surface area contributed by atoms with Gasteiger partial charge in [-0.2, -0.15) is 0 Å². The number of aliphatic imine (C=N–C) groups is 1. The molecule has 1 saturated heterocycles. The molecule has 1 aromatic carbocycles. The molecule has 3 nitrogen and oxygen atoms in total. The van der Waals surface area contributed by atoms with Gasteiger partial charge in [-0.05, 0) is 49.9 Å². The van der Waals surface area contributed by atoms with Crippen LogP contribution in [0.25, 0.3) is 0 Å². The lowest BCUT2D eigenvalue weighted by molar-refractivity contribution is 0.294. The van der Waals surface area contributed by atoms with Crippen LogP contribution in [-0.2, 0) is 4.74 Å². The van der Waals surface area contributed by atoms with E-state index in [-0.39, 0.29) is 6.04 Å². The summed E-state index contributed by atoms with van der Waals surface area (Å²) in [5.41, 5.74) is 2.62. The molecule has 102 valence electrons. The molecule has 1 unspecified atom stereocenters. The Morgan fingerprint density at radius 1 is 1.26 bits per heavy atom. The van der Waals surface area contributed by atoms with Crippen LogP contribution in [0.15, 0.2) is 29.3 Å². The summed E-state index contributed by atoms with van der Waals surface area (Å²) in [7, 11) is 0. The van der Waals surface area contributed by atoms with Crippen LogP contribution in [0.4, 0.5) is 0 Å². The molecule has 19 heavy (non-hydrogen) atoms. The molecular formula is C16H22N2O. The van der Waals surface area contributed by atoms with Crippen molar-refractivity contribution in [1.82, 2.24) is 5.32 Å². The van der Waals surface area contributed by atoms with Crippen molar-refractivity contribution in [1.29, 1.82) is 0 Å². The van der Waals surface area contributed by atoms with Crippen molar-refractivity contribution in [3.8, 4) is 0 Å². The van der Waals surface area contributed by atoms with Gasteiger partial charge in [-0.25, -0.2) is 4.99 Å². The van der Waals surface area contributed by atoms with Crippen LogP contribution >= 0.6 is 0 Å². The third kappa shape index (κ3) is 2.98. The topological polar surface area (TPSA) is 33.6 Å². The van der Waals surface area contributed by atoms with Gasteiger partial charge in [0.05, 0.1) is 0 Å². The Balaban J connectivity index is 1.65. The van der Waals surface area contributed by atoms with Gasteiger partial charge in [0.1, 0.15) is 12.6 Å². The van der Waals surface area contributed by atoms with Crippen LogP contribution in [0.5, 0.6) is 0 Å². The summed E-state index contributed by atoms with van der Waals surface area (Å²) in [5, 5.41) is 3.40. The zero-order valence-corrected chi connectivity index (χ0v) is 11.6. The fourth-order valence-corrected chi connectivity index (χ4v) is 2.99. The second-order valence-corrected chi connectivity index (χ2v) is 5.60. The molecule has 2 aliphatic heterocycles. The van der Waals surface area contributed by atoms with E-state index in [9.17, 15) is 0 Å². The van der Waals surface area contributed by atoms with Crippen molar-refractivity contribution in [3.05, 3.63) is 35.4 Å². The van der Waals surface area contributed by atoms with E-state index in [1.165, 1.54) is 24.0 Å². The minimum Gasteiger partial charge on any atom is -0.478 e. The first-order chi connectivity index (χ1) is 9.33. The van der Waals surface area contributed by atoms with E-state index >= 15 is 0 Å². The second-order valence-electron chi connectivity index (χ2n) is 5.60. The molecule has 1 atom stereocenters. The Morgan fingerprint density at radius 2 is 2.05 bits per heavy atom. The van der Waals surface area contributed by atoms with Gasteiger partial charge >= 0.3 is 0 Å². The summed E-state index contributed by atoms with van der Waals surface area (Å²) in [6, 6.07) is 8.69. The number of nitrogens with zero attached hydrogens (tertiary/aromatic N) is 1. The van der Waals surface area contributed by atoms with Gasteiger partial charge in [0.25, 0.3) is 0 Å². The van der Waals surface area contributed by atoms with Gasteiger partial charge in [0.2, 0.25) is 0 Å². The van der Waals surface area contributed by atoms with Crippen molar-refractivity contribution in [2.45, 2.75) is 32.2 Å². The number of rotatable bonds is 3. The maximum atomic E-state index is 5.81. The van der Waals surface area contributed by atoms with Crippen LogP contribution < -0.4 is 5.32 Å². The molecular weight excluding hydrogens is 236 g/mol. The minimum atomic E-state index is 0.206. The lowest BCUT2D eigenvalue weighted by Crippen LogP contribution is -2.28. The smallest absolute Gasteiger partial charge is 0.184 e. The van der Waals surface area contributed by atoms with Gasteiger partial charge < -0.3 is 10.1 Å². The Labute approximate surface area is 115 Å². The Bertz CT molecular complexity index is 464. The standard InChI is InChI=1S/C16H22N2O/c1-12-4-2-3-5-14(12)15-11-19-16(18-15)10-13-6-8-17-9-7-13/h2-5,13,15,17H,6-11H2,1H3. The van der Waals surface area contributed by atoms with E-state index in [0.717, 1.165) is 31.3 Å². The highest BCUT2D eigenvalue weighted by Gasteiger charge is 2.24. The fraction of sp³-hybridized carbons (Fsp3) is 0.562. The summed E-state index contributed by atoms with van der Waals surface area (Å²) in [6.07, 6.45) is 3.51. The van der Waals surface area contributed by atoms with Crippen LogP contribution in [0.2, 0.25) is 0 Å². The molecule has 3 heteroatoms. The molecule has 0 aliphatic carbocycles. The summed E-state index contributed by atoms with van der Waals surface area (Å²) >= 11 is 0. The predicted molar refractivity (Wildman–Crippen MR) is 77.5 cm³/mol. The average Bonchev–Trinajstić information content (AvgIpc) is 2.89. The fourth-order valence-electron chi connectivity index (χ4n) is 2.99. The highest BCUT2D eigenvalue weighted by Crippen LogP contribution is 2.28. The molecule has 0 aromatic heterocycles. The quantitative estimate of drug-likeness (QED) is 0.904. The number of aryl methyl sites for hydroxylation is 1. The van der Waals surface area contributed by atoms with Crippen LogP contribution in [-0.4, -0.2) is 25.6 Å². The largest absolute Gasteiger partial charge is 0.478 e. The second kappa shape index (κ2) is 5.74. The minimum absolute atomic E-state index is 0.206. The van der Waals surface area contributed by atoms with E-state index in [2.05, 4.69) is 36.5 Å². The lowest BCUT2D eigenvalue weighted by Gasteiger charge is -2.21. The van der Waals surface area contributed by atoms with Crippen molar-refractivity contribution in [3.63, 3.8) is 0 Å². The molecule has 2 heterocycles. The normalized spacial score (nSPS) is 24.1. The molecule has 0 bridgehead atoms. The van der Waals surface area contributed by atoms with Gasteiger partial charge in [0, 0.05) is 6.42 Å². The first kappa shape index (κ1) is 12.7. The lowest BCUT2D eigenvalue weighted by atomic mass is 9.95. The monoisotopic (exact) mass is 258 g/mol. The molecule has 1 N–H and O–H groups in total. The van der Waals surface area contributed by atoms with E-state index in [4.69, 9.17) is 9.73 Å². The molecule has 1 aromatic rings. The van der Waals surface area contributed by atoms with E-state index < -0.39 is 0 Å². The van der Waals surface area contributed by atoms with E-state index in [0.29, 0.717) is 6.61 Å². The maximum absolute atomic E-state index is 5.81. The zero-order chi connectivity index (χ0) is 13.1. The summed E-state index contributed by atoms with van der Waals surface area (Å²) < 4.78 is 5.81. The van der Waals surface area contributed by atoms with Crippen molar-refractivity contribution < 1.29 is 4.74 Å². The molecule has 2 aliphatic rings. The highest BCUT2D eigenvalue weighted by atomic mass is 16.5. The molecule has 0 spiro atoms. The molecule has 0 saturated carbocycles. The number of ether oxygens (including phenoxy) is 1. The van der Waals surface area contributed by atoms with Gasteiger partial charge in [0.15, 0.2) is 5.90 Å². The average molecular weight is 258 g/mol. The molecule has 0 radical (unpaired) electrons. The summed E-state index contributed by atoms with van der Waals surface area (Å²) in [5.74, 6) is 1.72. The van der Waals surface area contributed by atoms with E-state index in [1.807, 2.05) is 0 Å². The third-order valence-corrected chi connectivity index (χ3v) is 4.18. The third-order valence-electron chi connectivity index (χ3n) is 4.18. The molecule has 1 fully saturated rings. The molecule has 0 amide bonds. The number of hydrogen-bond acceptors (Lipinski definition) is 3. The summed E-state index contributed by atoms with van der Waals surface area (Å²) in [6.45, 7) is 5.14. The first-order valence-electron chi connectivity index (χ1n) is 7.28. The predicted octanol–water partition coefficient (Wildman–Crippen LogP) is 2.85. The SMILES string of the molecule is Cc1ccccc1C1COC(CC2CCNCC2)=N1. The van der Waals surface area contributed by atoms with Crippen molar-refractivity contribution >= 4 is 5.90 Å². The van der Waals surface area contributed by atoms with Crippen molar-refractivity contribution in [2.24, 2.45) is 10.9 Å². The van der Waals surface area contributed by atoms with Crippen LogP contribution in [0, 0.1) is 12.8 Å². The van der Waals surface area contributed by atoms with Crippen LogP contribution in [0.1, 0.15) is 36.4 Å². The highest BCUT2D eigenvalue weighted by molar-refractivity contribution is 5.78.